The molecule has 0 spiro atoms. The van der Waals surface area contributed by atoms with E-state index in [0.29, 0.717) is 23.0 Å². The van der Waals surface area contributed by atoms with Gasteiger partial charge in [0.2, 0.25) is 5.91 Å². The van der Waals surface area contributed by atoms with Gasteiger partial charge in [0.1, 0.15) is 6.54 Å². The molecular formula is C24H26ClN3O3S. The minimum absolute atomic E-state index is 0.164. The number of nitrogens with zero attached hydrogens (tertiary/aromatic N) is 3. The molecule has 4 rings (SSSR count). The first-order valence-corrected chi connectivity index (χ1v) is 11.9. The molecule has 32 heavy (non-hydrogen) atoms. The summed E-state index contributed by atoms with van der Waals surface area (Å²) in [6, 6.07) is 7.74. The zero-order valence-electron chi connectivity index (χ0n) is 18.5. The molecule has 0 aliphatic carbocycles. The summed E-state index contributed by atoms with van der Waals surface area (Å²) in [6.45, 7) is 7.19. The summed E-state index contributed by atoms with van der Waals surface area (Å²) in [5.74, 6) is -0.572. The molecule has 0 N–H and O–H groups in total. The standard InChI is InChI=1S/C24H26ClN3O3S/c1-15-7-8-19(25)13-20(15)28-16(2)11-18(17(28)3)12-21-23(30)27(24(31)32-21)14-22(29)26-9-5-4-6-10-26/h7-8,11-13H,4-6,9-10,14H2,1-3H3/b21-12-. The smallest absolute Gasteiger partial charge is 0.294 e. The molecule has 2 fully saturated rings. The highest BCUT2D eigenvalue weighted by molar-refractivity contribution is 8.18. The van der Waals surface area contributed by atoms with E-state index in [0.717, 1.165) is 64.1 Å². The fourth-order valence-electron chi connectivity index (χ4n) is 4.28. The van der Waals surface area contributed by atoms with Crippen LogP contribution in [-0.4, -0.2) is 51.1 Å². The third-order valence-electron chi connectivity index (χ3n) is 6.04. The molecule has 0 radical (unpaired) electrons. The van der Waals surface area contributed by atoms with E-state index >= 15 is 0 Å². The minimum Gasteiger partial charge on any atom is -0.341 e. The van der Waals surface area contributed by atoms with Gasteiger partial charge in [-0.05, 0) is 87.2 Å². The maximum Gasteiger partial charge on any atom is 0.294 e. The third kappa shape index (κ3) is 4.36. The van der Waals surface area contributed by atoms with Crippen molar-refractivity contribution in [1.29, 1.82) is 0 Å². The predicted molar refractivity (Wildman–Crippen MR) is 128 cm³/mol. The van der Waals surface area contributed by atoms with Gasteiger partial charge in [-0.15, -0.1) is 0 Å². The highest BCUT2D eigenvalue weighted by Gasteiger charge is 2.37. The van der Waals surface area contributed by atoms with Crippen LogP contribution in [0.3, 0.4) is 0 Å². The number of hydrogen-bond acceptors (Lipinski definition) is 4. The molecule has 3 heterocycles. The Bertz CT molecular complexity index is 1130. The second-order valence-electron chi connectivity index (χ2n) is 8.30. The summed E-state index contributed by atoms with van der Waals surface area (Å²) in [5, 5.41) is 0.255. The van der Waals surface area contributed by atoms with Crippen molar-refractivity contribution in [2.45, 2.75) is 40.0 Å². The minimum atomic E-state index is -0.408. The second-order valence-corrected chi connectivity index (χ2v) is 9.73. The first-order chi connectivity index (χ1) is 15.3. The van der Waals surface area contributed by atoms with E-state index in [9.17, 15) is 14.4 Å². The number of imide groups is 1. The Morgan fingerprint density at radius 2 is 1.81 bits per heavy atom. The summed E-state index contributed by atoms with van der Waals surface area (Å²) in [5.41, 5.74) is 4.86. The Morgan fingerprint density at radius 3 is 2.53 bits per heavy atom. The second kappa shape index (κ2) is 9.16. The molecule has 0 saturated carbocycles. The van der Waals surface area contributed by atoms with Crippen LogP contribution < -0.4 is 0 Å². The zero-order chi connectivity index (χ0) is 23.0. The quantitative estimate of drug-likeness (QED) is 0.581. The Morgan fingerprint density at radius 1 is 1.09 bits per heavy atom. The normalized spacial score (nSPS) is 18.2. The number of benzene rings is 1. The van der Waals surface area contributed by atoms with Gasteiger partial charge in [0.25, 0.3) is 11.1 Å². The lowest BCUT2D eigenvalue weighted by molar-refractivity contribution is -0.136. The summed E-state index contributed by atoms with van der Waals surface area (Å²) >= 11 is 7.11. The molecule has 1 aromatic carbocycles. The van der Waals surface area contributed by atoms with E-state index < -0.39 is 11.1 Å². The number of aromatic nitrogens is 1. The number of halogens is 1. The lowest BCUT2D eigenvalue weighted by Crippen LogP contribution is -2.44. The molecule has 0 unspecified atom stereocenters. The van der Waals surface area contributed by atoms with Crippen molar-refractivity contribution in [2.24, 2.45) is 0 Å². The number of aryl methyl sites for hydroxylation is 2. The Hall–Kier alpha value is -2.51. The molecule has 0 bridgehead atoms. The van der Waals surface area contributed by atoms with Gasteiger partial charge < -0.3 is 9.47 Å². The maximum absolute atomic E-state index is 12.9. The topological polar surface area (TPSA) is 62.6 Å². The molecule has 168 valence electrons. The van der Waals surface area contributed by atoms with Crippen LogP contribution in [0.15, 0.2) is 29.2 Å². The fraction of sp³-hybridized carbons (Fsp3) is 0.375. The van der Waals surface area contributed by atoms with Crippen LogP contribution in [0.4, 0.5) is 4.79 Å². The predicted octanol–water partition coefficient (Wildman–Crippen LogP) is 5.10. The molecule has 2 aliphatic heterocycles. The molecule has 3 amide bonds. The van der Waals surface area contributed by atoms with Gasteiger partial charge in [-0.2, -0.15) is 0 Å². The molecule has 8 heteroatoms. The van der Waals surface area contributed by atoms with Crippen molar-refractivity contribution in [3.8, 4) is 5.69 Å². The lowest BCUT2D eigenvalue weighted by atomic mass is 10.1. The van der Waals surface area contributed by atoms with Crippen molar-refractivity contribution in [3.05, 3.63) is 56.7 Å². The van der Waals surface area contributed by atoms with Gasteiger partial charge in [-0.1, -0.05) is 17.7 Å². The van der Waals surface area contributed by atoms with Gasteiger partial charge in [0, 0.05) is 35.2 Å². The molecule has 1 aromatic heterocycles. The number of amides is 3. The SMILES string of the molecule is Cc1ccc(Cl)cc1-n1c(C)cc(/C=C2\SC(=O)N(CC(=O)N3CCCCC3)C2=O)c1C. The van der Waals surface area contributed by atoms with Gasteiger partial charge in [-0.25, -0.2) is 0 Å². The number of rotatable bonds is 4. The van der Waals surface area contributed by atoms with E-state index in [1.165, 1.54) is 0 Å². The number of piperidine rings is 1. The van der Waals surface area contributed by atoms with Crippen molar-refractivity contribution in [2.75, 3.05) is 19.6 Å². The van der Waals surface area contributed by atoms with Crippen LogP contribution in [0.25, 0.3) is 11.8 Å². The van der Waals surface area contributed by atoms with Crippen molar-refractivity contribution in [1.82, 2.24) is 14.4 Å². The van der Waals surface area contributed by atoms with E-state index in [4.69, 9.17) is 11.6 Å². The number of carbonyl (C=O) groups excluding carboxylic acids is 3. The first-order valence-electron chi connectivity index (χ1n) is 10.7. The van der Waals surface area contributed by atoms with Crippen LogP contribution in [0.5, 0.6) is 0 Å². The van der Waals surface area contributed by atoms with Gasteiger partial charge in [-0.3, -0.25) is 19.3 Å². The van der Waals surface area contributed by atoms with Crippen molar-refractivity contribution >= 4 is 46.5 Å². The van der Waals surface area contributed by atoms with E-state index in [-0.39, 0.29) is 12.5 Å². The van der Waals surface area contributed by atoms with Gasteiger partial charge in [0.05, 0.1) is 4.91 Å². The number of thioether (sulfide) groups is 1. The zero-order valence-corrected chi connectivity index (χ0v) is 20.1. The van der Waals surface area contributed by atoms with Crippen LogP contribution in [-0.2, 0) is 9.59 Å². The molecule has 6 nitrogen and oxygen atoms in total. The third-order valence-corrected chi connectivity index (χ3v) is 7.19. The maximum atomic E-state index is 12.9. The van der Waals surface area contributed by atoms with E-state index in [1.54, 1.807) is 11.0 Å². The molecule has 2 aromatic rings. The average molecular weight is 472 g/mol. The van der Waals surface area contributed by atoms with Crippen LogP contribution in [0, 0.1) is 20.8 Å². The van der Waals surface area contributed by atoms with Crippen molar-refractivity contribution < 1.29 is 14.4 Å². The molecule has 2 aliphatic rings. The number of likely N-dealkylation sites (tertiary alicyclic amines) is 1. The first kappa shape index (κ1) is 22.7. The average Bonchev–Trinajstić information content (AvgIpc) is 3.19. The highest BCUT2D eigenvalue weighted by atomic mass is 35.5. The number of hydrogen-bond donors (Lipinski definition) is 0. The monoisotopic (exact) mass is 471 g/mol. The fourth-order valence-corrected chi connectivity index (χ4v) is 5.28. The Kier molecular flexibility index (Phi) is 6.49. The summed E-state index contributed by atoms with van der Waals surface area (Å²) in [6.07, 6.45) is 4.79. The highest BCUT2D eigenvalue weighted by Crippen LogP contribution is 2.34. The molecule has 2 saturated heterocycles. The lowest BCUT2D eigenvalue weighted by Gasteiger charge is -2.27. The molecular weight excluding hydrogens is 446 g/mol. The van der Waals surface area contributed by atoms with E-state index in [2.05, 4.69) is 4.57 Å². The van der Waals surface area contributed by atoms with Gasteiger partial charge in [0.15, 0.2) is 0 Å². The van der Waals surface area contributed by atoms with Gasteiger partial charge >= 0.3 is 0 Å². The largest absolute Gasteiger partial charge is 0.341 e. The van der Waals surface area contributed by atoms with Crippen LogP contribution >= 0.6 is 23.4 Å². The van der Waals surface area contributed by atoms with Crippen LogP contribution in [0.2, 0.25) is 5.02 Å². The Labute approximate surface area is 197 Å². The summed E-state index contributed by atoms with van der Waals surface area (Å²) in [4.78, 5) is 41.1. The molecule has 0 atom stereocenters. The van der Waals surface area contributed by atoms with E-state index in [1.807, 2.05) is 45.0 Å². The van der Waals surface area contributed by atoms with Crippen molar-refractivity contribution in [3.63, 3.8) is 0 Å². The Balaban J connectivity index is 1.58. The summed E-state index contributed by atoms with van der Waals surface area (Å²) < 4.78 is 2.09. The summed E-state index contributed by atoms with van der Waals surface area (Å²) in [7, 11) is 0. The van der Waals surface area contributed by atoms with Crippen LogP contribution in [0.1, 0.15) is 41.8 Å². The number of carbonyl (C=O) groups is 3.